The Bertz CT molecular complexity index is 2260. The SMILES string of the molecule is CCC1=C[C@@H]2CN(C1)CC1=c3ccccc3=N[C@@H]1[C@@](C(=O)OC)(c1cc3c(cc1OC)N(C)[C@H]1[C@@](O)(C(=O)OC)[C@H](OC(C)=O)[C@]4(CC)C=CCN5CC[C@]31[C@@H]54)C2. The standard InChI is InChI=1S/C45H54N4O8/c1-8-27-19-28-22-44(40(51)55-6,36-30(25-48(23-27)24-28)29-13-10-11-14-33(29)46-36)32-20-31-34(21-35(32)54-5)47(4)38-43(31)16-18-49-17-12-15-42(9-2,37(43)49)39(57-26(3)50)45(38,53)41(52)56-7/h10-15,19-21,28,36-39,53H,8-9,16-18,22-25H2,1-7H3/t28-,36-,37-,38+,39+,42+,43+,44-,45-/m0/s1. The molecule has 2 saturated heterocycles. The molecular formula is C45H54N4O8. The van der Waals surface area contributed by atoms with E-state index in [4.69, 9.17) is 23.9 Å². The third-order valence-electron chi connectivity index (χ3n) is 14.9. The van der Waals surface area contributed by atoms with Crippen molar-refractivity contribution < 1.29 is 38.4 Å². The summed E-state index contributed by atoms with van der Waals surface area (Å²) in [5.41, 5.74) is -0.627. The number of anilines is 1. The Kier molecular flexibility index (Phi) is 8.84. The van der Waals surface area contributed by atoms with E-state index in [1.807, 2.05) is 43.1 Å². The van der Waals surface area contributed by atoms with Crippen molar-refractivity contribution in [3.63, 3.8) is 0 Å². The smallest absolute Gasteiger partial charge is 0.344 e. The van der Waals surface area contributed by atoms with Crippen LogP contribution < -0.4 is 20.2 Å². The number of esters is 3. The molecule has 3 fully saturated rings. The van der Waals surface area contributed by atoms with Crippen LogP contribution in [0.2, 0.25) is 0 Å². The van der Waals surface area contributed by atoms with Crippen molar-refractivity contribution in [3.8, 4) is 5.75 Å². The Hall–Kier alpha value is -4.52. The lowest BCUT2D eigenvalue weighted by Gasteiger charge is -2.63. The van der Waals surface area contributed by atoms with E-state index in [-0.39, 0.29) is 17.9 Å². The molecule has 6 heterocycles. The van der Waals surface area contributed by atoms with E-state index in [9.17, 15) is 14.7 Å². The Morgan fingerprint density at radius 2 is 1.77 bits per heavy atom. The number of benzene rings is 2. The van der Waals surface area contributed by atoms with Gasteiger partial charge in [-0.1, -0.05) is 55.8 Å². The van der Waals surface area contributed by atoms with Crippen LogP contribution in [0.15, 0.2) is 65.2 Å². The van der Waals surface area contributed by atoms with Crippen LogP contribution in [0, 0.1) is 11.3 Å². The minimum Gasteiger partial charge on any atom is -0.496 e. The molecule has 0 radical (unpaired) electrons. The van der Waals surface area contributed by atoms with Crippen LogP contribution >= 0.6 is 0 Å². The summed E-state index contributed by atoms with van der Waals surface area (Å²) >= 11 is 0. The number of hydrogen-bond acceptors (Lipinski definition) is 12. The summed E-state index contributed by atoms with van der Waals surface area (Å²) in [5, 5.41) is 15.2. The number of likely N-dealkylation sites (N-methyl/N-ethyl adjacent to an activating group) is 1. The Morgan fingerprint density at radius 1 is 1.00 bits per heavy atom. The summed E-state index contributed by atoms with van der Waals surface area (Å²) in [5.74, 6) is -1.31. The molecule has 2 aromatic carbocycles. The molecule has 0 amide bonds. The van der Waals surface area contributed by atoms with Crippen molar-refractivity contribution in [1.82, 2.24) is 9.80 Å². The molecule has 9 rings (SSSR count). The number of nitrogens with zero attached hydrogens (tertiary/aromatic N) is 4. The van der Waals surface area contributed by atoms with Gasteiger partial charge in [-0.15, -0.1) is 0 Å². The maximum Gasteiger partial charge on any atom is 0.344 e. The van der Waals surface area contributed by atoms with Crippen LogP contribution in [0.25, 0.3) is 5.57 Å². The molecule has 1 aliphatic carbocycles. The van der Waals surface area contributed by atoms with Gasteiger partial charge in [0.25, 0.3) is 0 Å². The first-order valence-corrected chi connectivity index (χ1v) is 20.4. The lowest BCUT2D eigenvalue weighted by molar-refractivity contribution is -0.228. The number of rotatable bonds is 7. The van der Waals surface area contributed by atoms with Gasteiger partial charge in [0.1, 0.15) is 11.2 Å². The molecule has 1 unspecified atom stereocenters. The Morgan fingerprint density at radius 3 is 2.47 bits per heavy atom. The zero-order chi connectivity index (χ0) is 40.2. The number of carbonyl (C=O) groups excluding carboxylic acids is 3. The lowest BCUT2D eigenvalue weighted by Crippen LogP contribution is -2.81. The predicted molar refractivity (Wildman–Crippen MR) is 212 cm³/mol. The molecule has 12 nitrogen and oxygen atoms in total. The zero-order valence-electron chi connectivity index (χ0n) is 34.0. The van der Waals surface area contributed by atoms with Crippen LogP contribution in [0.1, 0.15) is 57.6 Å². The van der Waals surface area contributed by atoms with Crippen LogP contribution in [-0.2, 0) is 39.4 Å². The van der Waals surface area contributed by atoms with Gasteiger partial charge in [0.2, 0.25) is 5.60 Å². The Balaban J connectivity index is 1.36. The van der Waals surface area contributed by atoms with Crippen molar-refractivity contribution >= 4 is 29.2 Å². The number of para-hydroxylation sites is 1. The van der Waals surface area contributed by atoms with Gasteiger partial charge in [-0.2, -0.15) is 0 Å². The summed E-state index contributed by atoms with van der Waals surface area (Å²) < 4.78 is 23.9. The minimum absolute atomic E-state index is 0.0292. The molecule has 2 aromatic rings. The van der Waals surface area contributed by atoms with Gasteiger partial charge in [-0.3, -0.25) is 24.4 Å². The monoisotopic (exact) mass is 778 g/mol. The number of fused-ring (bicyclic) bond motifs is 5. The number of ether oxygens (including phenoxy) is 4. The fraction of sp³-hybridized carbons (Fsp3) is 0.556. The fourth-order valence-electron chi connectivity index (χ4n) is 13.0. The van der Waals surface area contributed by atoms with Crippen molar-refractivity contribution in [3.05, 3.63) is 81.9 Å². The molecular weight excluding hydrogens is 725 g/mol. The predicted octanol–water partition coefficient (Wildman–Crippen LogP) is 2.58. The van der Waals surface area contributed by atoms with Crippen LogP contribution in [0.3, 0.4) is 0 Å². The number of aliphatic hydroxyl groups is 1. The van der Waals surface area contributed by atoms with Crippen molar-refractivity contribution in [2.75, 3.05) is 66.0 Å². The third kappa shape index (κ3) is 4.83. The molecule has 12 heteroatoms. The maximum atomic E-state index is 15.2. The highest BCUT2D eigenvalue weighted by Crippen LogP contribution is 2.68. The van der Waals surface area contributed by atoms with Gasteiger partial charge >= 0.3 is 17.9 Å². The molecule has 10 atom stereocenters. The van der Waals surface area contributed by atoms with E-state index < -0.39 is 52.0 Å². The van der Waals surface area contributed by atoms with Crippen LogP contribution in [0.4, 0.5) is 5.69 Å². The normalized spacial score (nSPS) is 36.9. The van der Waals surface area contributed by atoms with Gasteiger partial charge in [0.05, 0.1) is 38.8 Å². The summed E-state index contributed by atoms with van der Waals surface area (Å²) in [6, 6.07) is 10.5. The van der Waals surface area contributed by atoms with E-state index in [0.717, 1.165) is 46.9 Å². The molecule has 1 saturated carbocycles. The molecule has 1 spiro atoms. The second-order valence-corrected chi connectivity index (χ2v) is 17.3. The molecule has 7 aliphatic rings. The van der Waals surface area contributed by atoms with E-state index in [1.54, 1.807) is 7.11 Å². The molecule has 302 valence electrons. The van der Waals surface area contributed by atoms with E-state index >= 15 is 4.79 Å². The lowest BCUT2D eigenvalue weighted by atomic mass is 9.47. The first-order valence-electron chi connectivity index (χ1n) is 20.4. The van der Waals surface area contributed by atoms with Crippen molar-refractivity contribution in [1.29, 1.82) is 0 Å². The summed E-state index contributed by atoms with van der Waals surface area (Å²) in [6.45, 7) is 9.19. The molecule has 6 aliphatic heterocycles. The first-order chi connectivity index (χ1) is 27.4. The largest absolute Gasteiger partial charge is 0.496 e. The fourth-order valence-corrected chi connectivity index (χ4v) is 13.0. The number of carbonyl (C=O) groups is 3. The minimum atomic E-state index is -2.28. The average molecular weight is 779 g/mol. The van der Waals surface area contributed by atoms with Gasteiger partial charge in [0.15, 0.2) is 6.10 Å². The molecule has 1 N–H and O–H groups in total. The summed E-state index contributed by atoms with van der Waals surface area (Å²) in [7, 11) is 6.22. The highest BCUT2D eigenvalue weighted by molar-refractivity contribution is 5.91. The highest BCUT2D eigenvalue weighted by Gasteiger charge is 2.80. The maximum absolute atomic E-state index is 15.2. The topological polar surface area (TPSA) is 130 Å². The molecule has 2 bridgehead atoms. The zero-order valence-corrected chi connectivity index (χ0v) is 34.0. The summed E-state index contributed by atoms with van der Waals surface area (Å²) in [6.07, 6.45) is 7.67. The first kappa shape index (κ1) is 38.0. The summed E-state index contributed by atoms with van der Waals surface area (Å²) in [4.78, 5) is 54.8. The second-order valence-electron chi connectivity index (χ2n) is 17.3. The van der Waals surface area contributed by atoms with Crippen molar-refractivity contribution in [2.45, 2.75) is 87.1 Å². The number of methoxy groups -OCH3 is 3. The highest BCUT2D eigenvalue weighted by atomic mass is 16.6. The second kappa shape index (κ2) is 13.3. The average Bonchev–Trinajstić information content (AvgIpc) is 3.87. The Labute approximate surface area is 333 Å². The van der Waals surface area contributed by atoms with Gasteiger partial charge in [0, 0.05) is 79.6 Å². The third-order valence-corrected chi connectivity index (χ3v) is 14.9. The van der Waals surface area contributed by atoms with Crippen LogP contribution in [-0.4, -0.2) is 124 Å². The van der Waals surface area contributed by atoms with E-state index in [0.29, 0.717) is 50.2 Å². The van der Waals surface area contributed by atoms with Crippen LogP contribution in [0.5, 0.6) is 5.75 Å². The quantitative estimate of drug-likeness (QED) is 0.253. The van der Waals surface area contributed by atoms with Gasteiger partial charge in [-0.05, 0) is 61.4 Å². The number of hydrogen-bond donors (Lipinski definition) is 1. The van der Waals surface area contributed by atoms with E-state index in [2.05, 4.69) is 47.1 Å². The van der Waals surface area contributed by atoms with Gasteiger partial charge < -0.3 is 29.0 Å². The van der Waals surface area contributed by atoms with Gasteiger partial charge in [-0.25, -0.2) is 4.79 Å². The van der Waals surface area contributed by atoms with Crippen molar-refractivity contribution in [2.24, 2.45) is 16.3 Å². The molecule has 57 heavy (non-hydrogen) atoms. The van der Waals surface area contributed by atoms with E-state index in [1.165, 1.54) is 26.7 Å². The molecule has 0 aromatic heterocycles.